The van der Waals surface area contributed by atoms with Gasteiger partial charge in [0.2, 0.25) is 0 Å². The number of nitrogens with zero attached hydrogens (tertiary/aromatic N) is 1. The predicted molar refractivity (Wildman–Crippen MR) is 68.1 cm³/mol. The van der Waals surface area contributed by atoms with E-state index in [1.54, 1.807) is 6.21 Å². The molecular weight excluding hydrogens is 216 g/mol. The second kappa shape index (κ2) is 6.68. The van der Waals surface area contributed by atoms with Gasteiger partial charge in [-0.05, 0) is 25.0 Å². The second-order valence-corrected chi connectivity index (χ2v) is 4.16. The molecule has 92 valence electrons. The first kappa shape index (κ1) is 13.2. The van der Waals surface area contributed by atoms with Crippen molar-refractivity contribution in [3.05, 3.63) is 29.8 Å². The first-order valence-electron chi connectivity index (χ1n) is 5.59. The summed E-state index contributed by atoms with van der Waals surface area (Å²) in [5.74, 6) is 0.731. The Morgan fingerprint density at radius 2 is 2.06 bits per heavy atom. The highest BCUT2D eigenvalue weighted by Crippen LogP contribution is 2.10. The lowest BCUT2D eigenvalue weighted by molar-refractivity contribution is -0.123. The number of amides is 1. The largest absolute Gasteiger partial charge is 0.484 e. The SMILES string of the molecule is Cc1ccc(OCC(=O)NN=CC(C)C)cc1. The van der Waals surface area contributed by atoms with Gasteiger partial charge in [-0.1, -0.05) is 31.5 Å². The van der Waals surface area contributed by atoms with Gasteiger partial charge in [0.15, 0.2) is 6.61 Å². The average molecular weight is 234 g/mol. The maximum atomic E-state index is 11.3. The van der Waals surface area contributed by atoms with Crippen LogP contribution < -0.4 is 10.2 Å². The van der Waals surface area contributed by atoms with Crippen molar-refractivity contribution in [2.75, 3.05) is 6.61 Å². The van der Waals surface area contributed by atoms with Gasteiger partial charge in [-0.2, -0.15) is 5.10 Å². The van der Waals surface area contributed by atoms with Crippen LogP contribution in [0.4, 0.5) is 0 Å². The van der Waals surface area contributed by atoms with Gasteiger partial charge in [0, 0.05) is 6.21 Å². The molecule has 1 amide bonds. The van der Waals surface area contributed by atoms with Crippen molar-refractivity contribution < 1.29 is 9.53 Å². The van der Waals surface area contributed by atoms with E-state index in [4.69, 9.17) is 4.74 Å². The summed E-state index contributed by atoms with van der Waals surface area (Å²) in [7, 11) is 0. The number of carbonyl (C=O) groups excluding carboxylic acids is 1. The van der Waals surface area contributed by atoms with Gasteiger partial charge >= 0.3 is 0 Å². The van der Waals surface area contributed by atoms with E-state index >= 15 is 0 Å². The lowest BCUT2D eigenvalue weighted by Gasteiger charge is -2.05. The maximum absolute atomic E-state index is 11.3. The van der Waals surface area contributed by atoms with Crippen LogP contribution in [0.2, 0.25) is 0 Å². The van der Waals surface area contributed by atoms with Crippen LogP contribution in [0.15, 0.2) is 29.4 Å². The summed E-state index contributed by atoms with van der Waals surface area (Å²) in [6.07, 6.45) is 1.67. The molecule has 1 rings (SSSR count). The van der Waals surface area contributed by atoms with Crippen molar-refractivity contribution in [3.63, 3.8) is 0 Å². The van der Waals surface area contributed by atoms with Crippen molar-refractivity contribution >= 4 is 12.1 Å². The summed E-state index contributed by atoms with van der Waals surface area (Å²) in [5.41, 5.74) is 3.56. The van der Waals surface area contributed by atoms with E-state index in [2.05, 4.69) is 10.5 Å². The molecule has 1 aromatic rings. The summed E-state index contributed by atoms with van der Waals surface area (Å²) < 4.78 is 5.29. The Morgan fingerprint density at radius 1 is 1.41 bits per heavy atom. The van der Waals surface area contributed by atoms with Crippen molar-refractivity contribution in [2.45, 2.75) is 20.8 Å². The van der Waals surface area contributed by atoms with Crippen LogP contribution >= 0.6 is 0 Å². The van der Waals surface area contributed by atoms with Crippen molar-refractivity contribution in [3.8, 4) is 5.75 Å². The summed E-state index contributed by atoms with van der Waals surface area (Å²) in [6.45, 7) is 5.94. The van der Waals surface area contributed by atoms with Crippen LogP contribution in [0.25, 0.3) is 0 Å². The predicted octanol–water partition coefficient (Wildman–Crippen LogP) is 2.13. The fraction of sp³-hybridized carbons (Fsp3) is 0.385. The van der Waals surface area contributed by atoms with Crippen molar-refractivity contribution in [1.82, 2.24) is 5.43 Å². The highest BCUT2D eigenvalue weighted by atomic mass is 16.5. The molecule has 0 unspecified atom stereocenters. The molecule has 1 N–H and O–H groups in total. The Hall–Kier alpha value is -1.84. The zero-order chi connectivity index (χ0) is 12.7. The van der Waals surface area contributed by atoms with E-state index in [1.807, 2.05) is 45.0 Å². The minimum absolute atomic E-state index is 0.0293. The van der Waals surface area contributed by atoms with Crippen molar-refractivity contribution in [1.29, 1.82) is 0 Å². The standard InChI is InChI=1S/C13H18N2O2/c1-10(2)8-14-15-13(16)9-17-12-6-4-11(3)5-7-12/h4-8,10H,9H2,1-3H3,(H,15,16). The molecule has 0 saturated heterocycles. The molecule has 4 heteroatoms. The number of benzene rings is 1. The minimum atomic E-state index is -0.262. The van der Waals surface area contributed by atoms with Crippen LogP contribution in [0.5, 0.6) is 5.75 Å². The maximum Gasteiger partial charge on any atom is 0.277 e. The molecule has 0 aliphatic carbocycles. The average Bonchev–Trinajstić information content (AvgIpc) is 2.28. The molecule has 17 heavy (non-hydrogen) atoms. The first-order chi connectivity index (χ1) is 8.08. The topological polar surface area (TPSA) is 50.7 Å². The van der Waals surface area contributed by atoms with Crippen LogP contribution in [0, 0.1) is 12.8 Å². The number of hydrogen-bond donors (Lipinski definition) is 1. The zero-order valence-corrected chi connectivity index (χ0v) is 10.4. The third-order valence-corrected chi connectivity index (χ3v) is 1.95. The monoisotopic (exact) mass is 234 g/mol. The molecule has 0 aliphatic heterocycles. The number of hydrazone groups is 1. The molecule has 4 nitrogen and oxygen atoms in total. The summed E-state index contributed by atoms with van der Waals surface area (Å²) in [4.78, 5) is 11.3. The highest BCUT2D eigenvalue weighted by Gasteiger charge is 2.00. The summed E-state index contributed by atoms with van der Waals surface area (Å²) in [6, 6.07) is 7.54. The van der Waals surface area contributed by atoms with Gasteiger partial charge in [-0.3, -0.25) is 4.79 Å². The zero-order valence-electron chi connectivity index (χ0n) is 10.4. The molecule has 0 saturated carbocycles. The molecule has 0 aliphatic rings. The number of aryl methyl sites for hydroxylation is 1. The normalized spacial score (nSPS) is 10.8. The minimum Gasteiger partial charge on any atom is -0.484 e. The molecule has 1 aromatic carbocycles. The van der Waals surface area contributed by atoms with Crippen LogP contribution in [0.1, 0.15) is 19.4 Å². The molecule has 0 radical (unpaired) electrons. The lowest BCUT2D eigenvalue weighted by atomic mass is 10.2. The quantitative estimate of drug-likeness (QED) is 0.626. The fourth-order valence-corrected chi connectivity index (χ4v) is 1.07. The van der Waals surface area contributed by atoms with E-state index in [9.17, 15) is 4.79 Å². The third kappa shape index (κ3) is 5.70. The molecule has 0 aromatic heterocycles. The number of carbonyl (C=O) groups is 1. The van der Waals surface area contributed by atoms with E-state index in [1.165, 1.54) is 0 Å². The third-order valence-electron chi connectivity index (χ3n) is 1.95. The van der Waals surface area contributed by atoms with Crippen LogP contribution in [0.3, 0.4) is 0 Å². The lowest BCUT2D eigenvalue weighted by Crippen LogP contribution is -2.24. The summed E-state index contributed by atoms with van der Waals surface area (Å²) in [5, 5.41) is 3.79. The van der Waals surface area contributed by atoms with Crippen LogP contribution in [-0.2, 0) is 4.79 Å². The Labute approximate surface area is 102 Å². The highest BCUT2D eigenvalue weighted by molar-refractivity contribution is 5.78. The molecule has 0 spiro atoms. The Kier molecular flexibility index (Phi) is 5.20. The van der Waals surface area contributed by atoms with E-state index in [0.717, 1.165) is 5.56 Å². The smallest absolute Gasteiger partial charge is 0.277 e. The molecule has 0 atom stereocenters. The number of hydrogen-bond acceptors (Lipinski definition) is 3. The molecular formula is C13H18N2O2. The van der Waals surface area contributed by atoms with E-state index in [0.29, 0.717) is 11.7 Å². The second-order valence-electron chi connectivity index (χ2n) is 4.16. The fourth-order valence-electron chi connectivity index (χ4n) is 1.07. The Bertz CT molecular complexity index is 383. The Balaban J connectivity index is 2.31. The van der Waals surface area contributed by atoms with Gasteiger partial charge in [0.05, 0.1) is 0 Å². The van der Waals surface area contributed by atoms with Crippen LogP contribution in [-0.4, -0.2) is 18.7 Å². The van der Waals surface area contributed by atoms with Crippen molar-refractivity contribution in [2.24, 2.45) is 11.0 Å². The van der Waals surface area contributed by atoms with Gasteiger partial charge in [-0.25, -0.2) is 5.43 Å². The van der Waals surface area contributed by atoms with E-state index < -0.39 is 0 Å². The van der Waals surface area contributed by atoms with Gasteiger partial charge in [-0.15, -0.1) is 0 Å². The number of rotatable bonds is 5. The van der Waals surface area contributed by atoms with Gasteiger partial charge in [0.1, 0.15) is 5.75 Å². The van der Waals surface area contributed by atoms with Gasteiger partial charge < -0.3 is 4.74 Å². The molecule has 0 fully saturated rings. The number of nitrogens with one attached hydrogen (secondary N) is 1. The first-order valence-corrected chi connectivity index (χ1v) is 5.59. The molecule has 0 heterocycles. The van der Waals surface area contributed by atoms with Gasteiger partial charge in [0.25, 0.3) is 5.91 Å². The Morgan fingerprint density at radius 3 is 2.65 bits per heavy atom. The van der Waals surface area contributed by atoms with E-state index in [-0.39, 0.29) is 12.5 Å². The molecule has 0 bridgehead atoms. The summed E-state index contributed by atoms with van der Waals surface area (Å²) >= 11 is 0. The number of ether oxygens (including phenoxy) is 1.